The van der Waals surface area contributed by atoms with E-state index in [1.54, 1.807) is 4.90 Å². The lowest BCUT2D eigenvalue weighted by atomic mass is 10.0. The number of hydrogen-bond donors (Lipinski definition) is 1. The fraction of sp³-hybridized carbons (Fsp3) is 0.364. The highest BCUT2D eigenvalue weighted by Crippen LogP contribution is 2.31. The van der Waals surface area contributed by atoms with Crippen LogP contribution in [-0.2, 0) is 0 Å². The van der Waals surface area contributed by atoms with Gasteiger partial charge in [0.1, 0.15) is 0 Å². The zero-order valence-corrected chi connectivity index (χ0v) is 8.70. The van der Waals surface area contributed by atoms with Gasteiger partial charge in [-0.15, -0.1) is 0 Å². The minimum Gasteiger partial charge on any atom is -0.478 e. The van der Waals surface area contributed by atoms with E-state index in [9.17, 15) is 13.6 Å². The second-order valence-corrected chi connectivity index (χ2v) is 3.92. The number of anilines is 1. The molecule has 0 bridgehead atoms. The smallest absolute Gasteiger partial charge is 0.337 e. The molecule has 1 aromatic rings. The molecule has 2 rings (SSSR count). The van der Waals surface area contributed by atoms with Gasteiger partial charge in [-0.2, -0.15) is 0 Å². The van der Waals surface area contributed by atoms with Crippen LogP contribution < -0.4 is 4.90 Å². The Morgan fingerprint density at radius 1 is 1.44 bits per heavy atom. The van der Waals surface area contributed by atoms with Crippen molar-refractivity contribution < 1.29 is 18.7 Å². The fourth-order valence-corrected chi connectivity index (χ4v) is 1.82. The van der Waals surface area contributed by atoms with Crippen LogP contribution in [0.15, 0.2) is 12.1 Å². The summed E-state index contributed by atoms with van der Waals surface area (Å²) in [5.41, 5.74) is 0.0654. The Kier molecular flexibility index (Phi) is 2.53. The number of rotatable bonds is 2. The summed E-state index contributed by atoms with van der Waals surface area (Å²) in [6, 6.07) is 1.86. The average molecular weight is 227 g/mol. The van der Waals surface area contributed by atoms with Crippen LogP contribution in [0.4, 0.5) is 14.5 Å². The third kappa shape index (κ3) is 1.62. The predicted octanol–water partition coefficient (Wildman–Crippen LogP) is 2.26. The molecular formula is C11H11F2NO2. The quantitative estimate of drug-likeness (QED) is 0.842. The first-order valence-corrected chi connectivity index (χ1v) is 4.99. The Hall–Kier alpha value is -1.65. The summed E-state index contributed by atoms with van der Waals surface area (Å²) in [7, 11) is 0. The summed E-state index contributed by atoms with van der Waals surface area (Å²) < 4.78 is 26.0. The van der Waals surface area contributed by atoms with Gasteiger partial charge < -0.3 is 10.0 Å². The molecule has 0 aromatic heterocycles. The summed E-state index contributed by atoms with van der Waals surface area (Å²) in [5, 5.41) is 8.92. The molecule has 86 valence electrons. The van der Waals surface area contributed by atoms with Gasteiger partial charge in [-0.25, -0.2) is 13.6 Å². The third-order valence-corrected chi connectivity index (χ3v) is 2.90. The average Bonchev–Trinajstić information content (AvgIpc) is 2.20. The molecule has 1 heterocycles. The molecule has 1 atom stereocenters. The lowest BCUT2D eigenvalue weighted by Crippen LogP contribution is -2.46. The maximum absolute atomic E-state index is 13.1. The summed E-state index contributed by atoms with van der Waals surface area (Å²) in [4.78, 5) is 12.7. The van der Waals surface area contributed by atoms with Crippen molar-refractivity contribution in [2.24, 2.45) is 0 Å². The molecule has 0 saturated carbocycles. The third-order valence-electron chi connectivity index (χ3n) is 2.90. The molecule has 1 fully saturated rings. The molecule has 1 aromatic carbocycles. The van der Waals surface area contributed by atoms with Crippen molar-refractivity contribution in [1.82, 2.24) is 0 Å². The standard InChI is InChI=1S/C11H11F2NO2/c1-6-2-3-14(6)10-5-9(13)8(12)4-7(10)11(15)16/h4-6H,2-3H2,1H3,(H,15,16). The van der Waals surface area contributed by atoms with Gasteiger partial charge in [0.15, 0.2) is 11.6 Å². The minimum atomic E-state index is -1.24. The Bertz CT molecular complexity index is 448. The molecule has 16 heavy (non-hydrogen) atoms. The number of carboxylic acids is 1. The Morgan fingerprint density at radius 3 is 2.50 bits per heavy atom. The maximum Gasteiger partial charge on any atom is 0.337 e. The summed E-state index contributed by atoms with van der Waals surface area (Å²) in [6.07, 6.45) is 0.929. The molecule has 5 heteroatoms. The number of carbonyl (C=O) groups is 1. The van der Waals surface area contributed by atoms with E-state index in [1.807, 2.05) is 6.92 Å². The molecule has 0 aliphatic carbocycles. The van der Waals surface area contributed by atoms with Crippen LogP contribution in [-0.4, -0.2) is 23.7 Å². The van der Waals surface area contributed by atoms with E-state index in [0.717, 1.165) is 18.6 Å². The highest BCUT2D eigenvalue weighted by atomic mass is 19.2. The van der Waals surface area contributed by atoms with Crippen LogP contribution in [0.1, 0.15) is 23.7 Å². The molecule has 1 N–H and O–H groups in total. The first-order valence-electron chi connectivity index (χ1n) is 4.99. The number of nitrogens with zero attached hydrogens (tertiary/aromatic N) is 1. The SMILES string of the molecule is CC1CCN1c1cc(F)c(F)cc1C(=O)O. The first kappa shape index (κ1) is 10.9. The number of hydrogen-bond acceptors (Lipinski definition) is 2. The molecule has 1 aliphatic heterocycles. The van der Waals surface area contributed by atoms with E-state index in [1.165, 1.54) is 0 Å². The second-order valence-electron chi connectivity index (χ2n) is 3.92. The van der Waals surface area contributed by atoms with E-state index in [2.05, 4.69) is 0 Å². The van der Waals surface area contributed by atoms with Gasteiger partial charge in [0.05, 0.1) is 11.3 Å². The lowest BCUT2D eigenvalue weighted by Gasteiger charge is -2.41. The molecule has 0 amide bonds. The van der Waals surface area contributed by atoms with Gasteiger partial charge >= 0.3 is 5.97 Å². The molecule has 1 unspecified atom stereocenters. The number of halogens is 2. The van der Waals surface area contributed by atoms with E-state index in [-0.39, 0.29) is 17.3 Å². The number of aromatic carboxylic acids is 1. The van der Waals surface area contributed by atoms with Gasteiger partial charge in [-0.1, -0.05) is 0 Å². The maximum atomic E-state index is 13.1. The van der Waals surface area contributed by atoms with Crippen molar-refractivity contribution in [1.29, 1.82) is 0 Å². The van der Waals surface area contributed by atoms with Gasteiger partial charge in [0.25, 0.3) is 0 Å². The molecule has 1 aliphatic rings. The van der Waals surface area contributed by atoms with Gasteiger partial charge in [0.2, 0.25) is 0 Å². The fourth-order valence-electron chi connectivity index (χ4n) is 1.82. The topological polar surface area (TPSA) is 40.5 Å². The van der Waals surface area contributed by atoms with Crippen LogP contribution in [0.2, 0.25) is 0 Å². The normalized spacial score (nSPS) is 19.4. The Labute approximate surface area is 91.3 Å². The van der Waals surface area contributed by atoms with Crippen molar-refractivity contribution in [2.45, 2.75) is 19.4 Å². The van der Waals surface area contributed by atoms with E-state index in [0.29, 0.717) is 6.54 Å². The van der Waals surface area contributed by atoms with Gasteiger partial charge in [-0.3, -0.25) is 0 Å². The second kappa shape index (κ2) is 3.73. The number of carboxylic acid groups (broad SMARTS) is 1. The van der Waals surface area contributed by atoms with E-state index >= 15 is 0 Å². The van der Waals surface area contributed by atoms with Crippen LogP contribution in [0.3, 0.4) is 0 Å². The van der Waals surface area contributed by atoms with Crippen LogP contribution >= 0.6 is 0 Å². The van der Waals surface area contributed by atoms with Crippen LogP contribution in [0.25, 0.3) is 0 Å². The van der Waals surface area contributed by atoms with Crippen molar-refractivity contribution >= 4 is 11.7 Å². The lowest BCUT2D eigenvalue weighted by molar-refractivity contribution is 0.0696. The summed E-state index contributed by atoms with van der Waals surface area (Å²) >= 11 is 0. The van der Waals surface area contributed by atoms with Crippen molar-refractivity contribution in [3.63, 3.8) is 0 Å². The zero-order valence-electron chi connectivity index (χ0n) is 8.70. The predicted molar refractivity (Wildman–Crippen MR) is 54.7 cm³/mol. The van der Waals surface area contributed by atoms with Crippen LogP contribution in [0.5, 0.6) is 0 Å². The van der Waals surface area contributed by atoms with Crippen LogP contribution in [0, 0.1) is 11.6 Å². The van der Waals surface area contributed by atoms with E-state index < -0.39 is 17.6 Å². The van der Waals surface area contributed by atoms with Crippen molar-refractivity contribution in [2.75, 3.05) is 11.4 Å². The molecular weight excluding hydrogens is 216 g/mol. The summed E-state index contributed by atoms with van der Waals surface area (Å²) in [5.74, 6) is -3.39. The minimum absolute atomic E-state index is 0.169. The van der Waals surface area contributed by atoms with Crippen molar-refractivity contribution in [3.8, 4) is 0 Å². The highest BCUT2D eigenvalue weighted by molar-refractivity contribution is 5.94. The molecule has 3 nitrogen and oxygen atoms in total. The van der Waals surface area contributed by atoms with Gasteiger partial charge in [-0.05, 0) is 19.4 Å². The van der Waals surface area contributed by atoms with Gasteiger partial charge in [0, 0.05) is 18.7 Å². The molecule has 0 radical (unpaired) electrons. The first-order chi connectivity index (χ1) is 7.50. The largest absolute Gasteiger partial charge is 0.478 e. The Morgan fingerprint density at radius 2 is 2.06 bits per heavy atom. The zero-order chi connectivity index (χ0) is 11.9. The van der Waals surface area contributed by atoms with Crippen molar-refractivity contribution in [3.05, 3.63) is 29.3 Å². The highest BCUT2D eigenvalue weighted by Gasteiger charge is 2.28. The monoisotopic (exact) mass is 227 g/mol. The summed E-state index contributed by atoms with van der Waals surface area (Å²) in [6.45, 7) is 2.59. The molecule has 0 spiro atoms. The Balaban J connectivity index is 2.49. The molecule has 1 saturated heterocycles. The number of benzene rings is 1. The van der Waals surface area contributed by atoms with E-state index in [4.69, 9.17) is 5.11 Å².